The number of nitrogens with zero attached hydrogens (tertiary/aromatic N) is 1. The lowest BCUT2D eigenvalue weighted by Crippen LogP contribution is -2.61. The Kier molecular flexibility index (Phi) is 15.4. The highest BCUT2D eigenvalue weighted by molar-refractivity contribution is 6.03. The quantitative estimate of drug-likeness (QED) is 0.0554. The number of amides is 1. The van der Waals surface area contributed by atoms with E-state index in [4.69, 9.17) is 28.4 Å². The van der Waals surface area contributed by atoms with E-state index in [0.717, 1.165) is 33.4 Å². The molecule has 8 rings (SSSR count). The summed E-state index contributed by atoms with van der Waals surface area (Å²) in [5.74, 6) is -1.33. The molecule has 2 heterocycles. The maximum absolute atomic E-state index is 13.9. The molecule has 330 valence electrons. The van der Waals surface area contributed by atoms with Crippen molar-refractivity contribution in [3.63, 3.8) is 0 Å². The van der Waals surface area contributed by atoms with E-state index >= 15 is 0 Å². The van der Waals surface area contributed by atoms with Crippen LogP contribution in [0, 0.1) is 11.7 Å². The SMILES string of the molecule is COC(=O)CCC1C(=O)N(c2ccc(F)cc2)C1c1ccc(CC2OC(COCc3ccccc3)C(OCc3ccccc3)C(OCc3ccccc3)C2OCc2ccccc2)cc1. The number of carbonyl (C=O) groups excluding carboxylic acids is 2. The van der Waals surface area contributed by atoms with Crippen molar-refractivity contribution < 1.29 is 42.4 Å². The molecule has 9 nitrogen and oxygen atoms in total. The molecule has 10 heteroatoms. The highest BCUT2D eigenvalue weighted by Crippen LogP contribution is 2.46. The van der Waals surface area contributed by atoms with Crippen molar-refractivity contribution in [3.05, 3.63) is 209 Å². The van der Waals surface area contributed by atoms with Gasteiger partial charge in [0.1, 0.15) is 30.2 Å². The topological polar surface area (TPSA) is 92.8 Å². The third-order valence-corrected chi connectivity index (χ3v) is 11.9. The van der Waals surface area contributed by atoms with Crippen molar-refractivity contribution in [1.29, 1.82) is 0 Å². The summed E-state index contributed by atoms with van der Waals surface area (Å²) in [6.07, 6.45) is -1.76. The van der Waals surface area contributed by atoms with Gasteiger partial charge in [-0.1, -0.05) is 146 Å². The van der Waals surface area contributed by atoms with Crippen LogP contribution in [0.2, 0.25) is 0 Å². The summed E-state index contributed by atoms with van der Waals surface area (Å²) in [4.78, 5) is 27.4. The third-order valence-electron chi connectivity index (χ3n) is 11.9. The van der Waals surface area contributed by atoms with Gasteiger partial charge >= 0.3 is 5.97 Å². The number of ether oxygens (including phenoxy) is 6. The fourth-order valence-electron chi connectivity index (χ4n) is 8.61. The maximum Gasteiger partial charge on any atom is 0.305 e. The number of anilines is 1. The Morgan fingerprint density at radius 2 is 1.06 bits per heavy atom. The standard InChI is InChI=1S/C54H54FNO8/c1-59-49(57)31-30-46-50(56(54(46)58)45-28-26-44(55)27-29-45)43-24-22-38(23-25-43)32-47-51(61-34-40-16-8-3-9-17-40)53(63-36-42-20-12-5-13-21-42)52(62-35-41-18-10-4-11-19-41)48(64-47)37-60-33-39-14-6-2-7-15-39/h2-29,46-48,50-53H,30-37H2,1H3. The molecular weight excluding hydrogens is 810 g/mol. The van der Waals surface area contributed by atoms with Gasteiger partial charge in [0, 0.05) is 18.5 Å². The predicted molar refractivity (Wildman–Crippen MR) is 241 cm³/mol. The number of β-lactam (4-membered cyclic amide) rings is 1. The second-order valence-corrected chi connectivity index (χ2v) is 16.3. The highest BCUT2D eigenvalue weighted by atomic mass is 19.1. The van der Waals surface area contributed by atoms with Gasteiger partial charge in [-0.05, 0) is 64.1 Å². The number of esters is 1. The van der Waals surface area contributed by atoms with E-state index in [1.54, 1.807) is 17.0 Å². The number of rotatable bonds is 20. The van der Waals surface area contributed by atoms with E-state index in [2.05, 4.69) is 12.1 Å². The largest absolute Gasteiger partial charge is 0.469 e. The predicted octanol–water partition coefficient (Wildman–Crippen LogP) is 9.77. The summed E-state index contributed by atoms with van der Waals surface area (Å²) in [6.45, 7) is 1.66. The monoisotopic (exact) mass is 863 g/mol. The molecule has 0 aliphatic carbocycles. The van der Waals surface area contributed by atoms with Gasteiger partial charge in [-0.25, -0.2) is 4.39 Å². The van der Waals surface area contributed by atoms with Crippen molar-refractivity contribution in [2.24, 2.45) is 5.92 Å². The first-order chi connectivity index (χ1) is 31.4. The average Bonchev–Trinajstić information content (AvgIpc) is 3.34. The minimum atomic E-state index is -0.561. The molecule has 0 N–H and O–H groups in total. The Morgan fingerprint density at radius 1 is 0.578 bits per heavy atom. The lowest BCUT2D eigenvalue weighted by molar-refractivity contribution is -0.272. The van der Waals surface area contributed by atoms with E-state index in [9.17, 15) is 14.0 Å². The van der Waals surface area contributed by atoms with Crippen molar-refractivity contribution in [1.82, 2.24) is 0 Å². The molecular formula is C54H54FNO8. The molecule has 2 aliphatic rings. The number of hydrogen-bond donors (Lipinski definition) is 0. The number of hydrogen-bond acceptors (Lipinski definition) is 8. The van der Waals surface area contributed by atoms with E-state index in [1.807, 2.05) is 133 Å². The molecule has 1 amide bonds. The van der Waals surface area contributed by atoms with Crippen LogP contribution in [0.1, 0.15) is 52.3 Å². The van der Waals surface area contributed by atoms with Crippen LogP contribution in [-0.4, -0.2) is 56.1 Å². The first kappa shape index (κ1) is 44.6. The summed E-state index contributed by atoms with van der Waals surface area (Å²) in [5, 5.41) is 0. The maximum atomic E-state index is 13.9. The Labute approximate surface area is 374 Å². The van der Waals surface area contributed by atoms with Crippen molar-refractivity contribution in [3.8, 4) is 0 Å². The molecule has 6 aromatic rings. The van der Waals surface area contributed by atoms with Crippen LogP contribution in [0.5, 0.6) is 0 Å². The van der Waals surface area contributed by atoms with Gasteiger partial charge in [0.05, 0.1) is 58.2 Å². The van der Waals surface area contributed by atoms with E-state index in [-0.39, 0.29) is 36.8 Å². The second kappa shape index (κ2) is 22.1. The van der Waals surface area contributed by atoms with Crippen molar-refractivity contribution in [2.75, 3.05) is 18.6 Å². The summed E-state index contributed by atoms with van der Waals surface area (Å²) in [7, 11) is 1.34. The number of halogens is 1. The second-order valence-electron chi connectivity index (χ2n) is 16.3. The fourth-order valence-corrected chi connectivity index (χ4v) is 8.61. The zero-order valence-corrected chi connectivity index (χ0v) is 36.0. The number of methoxy groups -OCH3 is 1. The lowest BCUT2D eigenvalue weighted by Gasteiger charge is -2.47. The molecule has 0 spiro atoms. The molecule has 64 heavy (non-hydrogen) atoms. The van der Waals surface area contributed by atoms with Crippen LogP contribution in [0.25, 0.3) is 0 Å². The highest BCUT2D eigenvalue weighted by Gasteiger charge is 2.50. The van der Waals surface area contributed by atoms with Gasteiger partial charge < -0.3 is 33.3 Å². The van der Waals surface area contributed by atoms with Gasteiger partial charge in [-0.2, -0.15) is 0 Å². The van der Waals surface area contributed by atoms with Crippen molar-refractivity contribution in [2.45, 2.75) is 82.3 Å². The number of carbonyl (C=O) groups is 2. The Bertz CT molecular complexity index is 2350. The summed E-state index contributed by atoms with van der Waals surface area (Å²) < 4.78 is 53.1. The molecule has 2 saturated heterocycles. The van der Waals surface area contributed by atoms with Crippen LogP contribution in [0.3, 0.4) is 0 Å². The summed E-state index contributed by atoms with van der Waals surface area (Å²) in [5.41, 5.74) is 6.60. The minimum absolute atomic E-state index is 0.113. The van der Waals surface area contributed by atoms with Crippen LogP contribution in [-0.2, 0) is 70.9 Å². The van der Waals surface area contributed by atoms with E-state index in [1.165, 1.54) is 19.2 Å². The molecule has 7 unspecified atom stereocenters. The number of benzene rings is 6. The van der Waals surface area contributed by atoms with Gasteiger partial charge in [0.2, 0.25) is 5.91 Å². The van der Waals surface area contributed by atoms with Gasteiger partial charge in [0.15, 0.2) is 0 Å². The van der Waals surface area contributed by atoms with Gasteiger partial charge in [-0.15, -0.1) is 0 Å². The third kappa shape index (κ3) is 11.4. The fraction of sp³-hybridized carbons (Fsp3) is 0.296. The van der Waals surface area contributed by atoms with Crippen molar-refractivity contribution >= 4 is 17.6 Å². The first-order valence-corrected chi connectivity index (χ1v) is 21.9. The average molecular weight is 864 g/mol. The molecule has 0 aromatic heterocycles. The Morgan fingerprint density at radius 3 is 1.58 bits per heavy atom. The smallest absolute Gasteiger partial charge is 0.305 e. The molecule has 6 aromatic carbocycles. The van der Waals surface area contributed by atoms with Crippen LogP contribution in [0.4, 0.5) is 10.1 Å². The van der Waals surface area contributed by atoms with Gasteiger partial charge in [-0.3, -0.25) is 9.59 Å². The van der Waals surface area contributed by atoms with Crippen LogP contribution < -0.4 is 4.90 Å². The summed E-state index contributed by atoms with van der Waals surface area (Å²) >= 11 is 0. The molecule has 7 atom stereocenters. The van der Waals surface area contributed by atoms with E-state index in [0.29, 0.717) is 45.0 Å². The minimum Gasteiger partial charge on any atom is -0.469 e. The van der Waals surface area contributed by atoms with Crippen LogP contribution >= 0.6 is 0 Å². The van der Waals surface area contributed by atoms with Crippen LogP contribution in [0.15, 0.2) is 170 Å². The molecule has 0 radical (unpaired) electrons. The van der Waals surface area contributed by atoms with E-state index < -0.39 is 36.4 Å². The Hall–Kier alpha value is -6.01. The lowest BCUT2D eigenvalue weighted by atomic mass is 9.78. The molecule has 0 saturated carbocycles. The first-order valence-electron chi connectivity index (χ1n) is 21.9. The normalized spacial score (nSPS) is 21.9. The zero-order chi connectivity index (χ0) is 44.1. The summed E-state index contributed by atoms with van der Waals surface area (Å²) in [6, 6.07) is 54.0. The Balaban J connectivity index is 1.10. The molecule has 2 aliphatic heterocycles. The van der Waals surface area contributed by atoms with Gasteiger partial charge in [0.25, 0.3) is 0 Å². The zero-order valence-electron chi connectivity index (χ0n) is 36.0. The molecule has 2 fully saturated rings. The molecule has 0 bridgehead atoms.